The number of thiazole rings is 1. The van der Waals surface area contributed by atoms with Crippen LogP contribution in [0.1, 0.15) is 5.69 Å². The Morgan fingerprint density at radius 2 is 1.90 bits per heavy atom. The number of benzene rings is 2. The van der Waals surface area contributed by atoms with Crippen molar-refractivity contribution in [1.82, 2.24) is 14.8 Å². The average Bonchev–Trinajstić information content (AvgIpc) is 3.26. The van der Waals surface area contributed by atoms with E-state index in [4.69, 9.17) is 11.6 Å². The minimum Gasteiger partial charge on any atom is -0.340 e. The number of para-hydroxylation sites is 1. The van der Waals surface area contributed by atoms with Gasteiger partial charge in [-0.3, -0.25) is 4.72 Å². The summed E-state index contributed by atoms with van der Waals surface area (Å²) >= 11 is 6.70. The van der Waals surface area contributed by atoms with Gasteiger partial charge in [-0.25, -0.2) is 22.5 Å². The van der Waals surface area contributed by atoms with Crippen LogP contribution in [0.15, 0.2) is 65.7 Å². The standard InChI is InChI=1S/C19H15ClFN5O2S2/c1-12-9-18(26(24-12)14-5-3-2-4-6-14)23-13-7-8-16(15(21)10-13)30(27,28)25-19-22-11-17(20)29-19/h2-11,23H,1H3,(H,22,25). The molecule has 2 heterocycles. The first kappa shape index (κ1) is 20.3. The lowest BCUT2D eigenvalue weighted by atomic mass is 10.3. The second-order valence-corrected chi connectivity index (χ2v) is 9.58. The second kappa shape index (κ2) is 8.05. The molecule has 2 aromatic carbocycles. The number of nitrogens with one attached hydrogen (secondary N) is 2. The van der Waals surface area contributed by atoms with Crippen molar-refractivity contribution in [3.63, 3.8) is 0 Å². The lowest BCUT2D eigenvalue weighted by Gasteiger charge is -2.11. The number of sulfonamides is 1. The van der Waals surface area contributed by atoms with Crippen LogP contribution in [0.2, 0.25) is 4.34 Å². The normalized spacial score (nSPS) is 11.4. The zero-order valence-electron chi connectivity index (χ0n) is 15.5. The molecule has 0 saturated carbocycles. The van der Waals surface area contributed by atoms with Crippen LogP contribution < -0.4 is 10.0 Å². The van der Waals surface area contributed by atoms with Gasteiger partial charge in [-0.15, -0.1) is 0 Å². The van der Waals surface area contributed by atoms with Crippen LogP contribution in [0.25, 0.3) is 5.69 Å². The van der Waals surface area contributed by atoms with Crippen molar-refractivity contribution in [3.8, 4) is 5.69 Å². The quantitative estimate of drug-likeness (QED) is 0.421. The summed E-state index contributed by atoms with van der Waals surface area (Å²) < 4.78 is 43.8. The van der Waals surface area contributed by atoms with Gasteiger partial charge >= 0.3 is 0 Å². The number of rotatable bonds is 6. The molecule has 30 heavy (non-hydrogen) atoms. The molecular formula is C19H15ClFN5O2S2. The van der Waals surface area contributed by atoms with Crippen LogP contribution >= 0.6 is 22.9 Å². The predicted octanol–water partition coefficient (Wildman–Crippen LogP) is 4.97. The third-order valence-electron chi connectivity index (χ3n) is 4.03. The maximum absolute atomic E-state index is 14.7. The van der Waals surface area contributed by atoms with Crippen molar-refractivity contribution >= 4 is 49.6 Å². The van der Waals surface area contributed by atoms with Crippen LogP contribution in [-0.4, -0.2) is 23.2 Å². The monoisotopic (exact) mass is 463 g/mol. The molecule has 7 nitrogen and oxygen atoms in total. The zero-order chi connectivity index (χ0) is 21.3. The molecule has 0 aliphatic heterocycles. The Balaban J connectivity index is 1.60. The Morgan fingerprint density at radius 1 is 1.13 bits per heavy atom. The number of halogens is 2. The molecule has 11 heteroatoms. The van der Waals surface area contributed by atoms with Gasteiger partial charge < -0.3 is 5.32 Å². The van der Waals surface area contributed by atoms with E-state index in [-0.39, 0.29) is 5.13 Å². The summed E-state index contributed by atoms with van der Waals surface area (Å²) in [6.07, 6.45) is 1.31. The van der Waals surface area contributed by atoms with Gasteiger partial charge in [-0.1, -0.05) is 41.1 Å². The molecule has 0 atom stereocenters. The first-order valence-electron chi connectivity index (χ1n) is 8.65. The number of hydrogen-bond donors (Lipinski definition) is 2. The average molecular weight is 464 g/mol. The minimum atomic E-state index is -4.15. The number of nitrogens with zero attached hydrogens (tertiary/aromatic N) is 3. The van der Waals surface area contributed by atoms with Crippen LogP contribution in [-0.2, 0) is 10.0 Å². The molecule has 0 spiro atoms. The third-order valence-corrected chi connectivity index (χ3v) is 6.56. The third kappa shape index (κ3) is 4.30. The highest BCUT2D eigenvalue weighted by molar-refractivity contribution is 7.93. The Bertz CT molecular complexity index is 1310. The molecule has 0 radical (unpaired) electrons. The van der Waals surface area contributed by atoms with E-state index in [1.807, 2.05) is 43.3 Å². The molecule has 4 aromatic rings. The molecule has 0 bridgehead atoms. The van der Waals surface area contributed by atoms with Crippen molar-refractivity contribution in [2.45, 2.75) is 11.8 Å². The topological polar surface area (TPSA) is 88.9 Å². The van der Waals surface area contributed by atoms with E-state index < -0.39 is 20.7 Å². The van der Waals surface area contributed by atoms with Crippen molar-refractivity contribution in [3.05, 3.63) is 76.6 Å². The summed E-state index contributed by atoms with van der Waals surface area (Å²) in [6.45, 7) is 1.84. The fraction of sp³-hybridized carbons (Fsp3) is 0.0526. The highest BCUT2D eigenvalue weighted by atomic mass is 35.5. The highest BCUT2D eigenvalue weighted by Crippen LogP contribution is 2.28. The lowest BCUT2D eigenvalue weighted by molar-refractivity contribution is 0.570. The van der Waals surface area contributed by atoms with Crippen LogP contribution in [0.4, 0.5) is 21.0 Å². The zero-order valence-corrected chi connectivity index (χ0v) is 17.9. The Morgan fingerprint density at radius 3 is 2.57 bits per heavy atom. The van der Waals surface area contributed by atoms with E-state index in [0.29, 0.717) is 15.8 Å². The number of aryl methyl sites for hydroxylation is 1. The lowest BCUT2D eigenvalue weighted by Crippen LogP contribution is -2.14. The molecule has 0 fully saturated rings. The number of aromatic nitrogens is 3. The molecule has 0 aliphatic carbocycles. The first-order chi connectivity index (χ1) is 14.3. The summed E-state index contributed by atoms with van der Waals surface area (Å²) in [6, 6.07) is 15.0. The summed E-state index contributed by atoms with van der Waals surface area (Å²) in [4.78, 5) is 3.33. The van der Waals surface area contributed by atoms with Crippen molar-refractivity contribution in [2.75, 3.05) is 10.0 Å². The molecule has 2 N–H and O–H groups in total. The summed E-state index contributed by atoms with van der Waals surface area (Å²) in [5, 5.41) is 7.58. The van der Waals surface area contributed by atoms with Gasteiger partial charge in [0.2, 0.25) is 0 Å². The molecule has 0 aliphatic rings. The van der Waals surface area contributed by atoms with Gasteiger partial charge in [0.05, 0.1) is 17.6 Å². The second-order valence-electron chi connectivity index (χ2n) is 6.26. The van der Waals surface area contributed by atoms with E-state index in [1.54, 1.807) is 4.68 Å². The largest absolute Gasteiger partial charge is 0.340 e. The van der Waals surface area contributed by atoms with E-state index >= 15 is 0 Å². The molecule has 2 aromatic heterocycles. The predicted molar refractivity (Wildman–Crippen MR) is 116 cm³/mol. The van der Waals surface area contributed by atoms with Gasteiger partial charge in [0.25, 0.3) is 10.0 Å². The smallest absolute Gasteiger partial charge is 0.266 e. The van der Waals surface area contributed by atoms with Crippen molar-refractivity contribution in [1.29, 1.82) is 0 Å². The fourth-order valence-electron chi connectivity index (χ4n) is 2.77. The number of anilines is 3. The summed E-state index contributed by atoms with van der Waals surface area (Å²) in [5.74, 6) is -0.290. The van der Waals surface area contributed by atoms with Crippen LogP contribution in [0.3, 0.4) is 0 Å². The molecule has 0 saturated heterocycles. The van der Waals surface area contributed by atoms with Crippen LogP contribution in [0.5, 0.6) is 0 Å². The van der Waals surface area contributed by atoms with Gasteiger partial charge in [-0.05, 0) is 37.3 Å². The number of hydrogen-bond acceptors (Lipinski definition) is 6. The van der Waals surface area contributed by atoms with Gasteiger partial charge in [-0.2, -0.15) is 5.10 Å². The van der Waals surface area contributed by atoms with Crippen molar-refractivity contribution in [2.24, 2.45) is 0 Å². The van der Waals surface area contributed by atoms with Gasteiger partial charge in [0, 0.05) is 11.8 Å². The van der Waals surface area contributed by atoms with Gasteiger partial charge in [0.1, 0.15) is 20.9 Å². The first-order valence-corrected chi connectivity index (χ1v) is 11.3. The molecule has 0 unspecified atom stereocenters. The summed E-state index contributed by atoms with van der Waals surface area (Å²) in [5.41, 5.74) is 1.98. The Labute approximate surface area is 181 Å². The maximum Gasteiger partial charge on any atom is 0.266 e. The van der Waals surface area contributed by atoms with E-state index in [9.17, 15) is 12.8 Å². The molecule has 4 rings (SSSR count). The highest BCUT2D eigenvalue weighted by Gasteiger charge is 2.21. The maximum atomic E-state index is 14.7. The molecule has 0 amide bonds. The SMILES string of the molecule is Cc1cc(Nc2ccc(S(=O)(=O)Nc3ncc(Cl)s3)c(F)c2)n(-c2ccccc2)n1. The fourth-order valence-corrected chi connectivity index (χ4v) is 4.89. The van der Waals surface area contributed by atoms with E-state index in [0.717, 1.165) is 28.8 Å². The Hall–Kier alpha value is -2.95. The van der Waals surface area contributed by atoms with Crippen LogP contribution in [0, 0.1) is 12.7 Å². The molecular weight excluding hydrogens is 449 g/mol. The Kier molecular flexibility index (Phi) is 5.46. The van der Waals surface area contributed by atoms with E-state index in [2.05, 4.69) is 20.1 Å². The van der Waals surface area contributed by atoms with Gasteiger partial charge in [0.15, 0.2) is 5.13 Å². The van der Waals surface area contributed by atoms with E-state index in [1.165, 1.54) is 18.3 Å². The minimum absolute atomic E-state index is 0.0591. The molecule has 154 valence electrons. The van der Waals surface area contributed by atoms with Crippen molar-refractivity contribution < 1.29 is 12.8 Å². The summed E-state index contributed by atoms with van der Waals surface area (Å²) in [7, 11) is -4.15.